The minimum absolute atomic E-state index is 0.100. The summed E-state index contributed by atoms with van der Waals surface area (Å²) >= 11 is 5.77. The van der Waals surface area contributed by atoms with Crippen LogP contribution in [-0.4, -0.2) is 21.0 Å². The molecule has 0 aliphatic carbocycles. The van der Waals surface area contributed by atoms with Crippen molar-refractivity contribution in [3.05, 3.63) is 47.0 Å². The van der Waals surface area contributed by atoms with Crippen LogP contribution in [0.2, 0.25) is 5.02 Å². The number of amides is 1. The van der Waals surface area contributed by atoms with Gasteiger partial charge < -0.3 is 10.4 Å². The number of rotatable bonds is 2. The molecule has 1 heterocycles. The lowest BCUT2D eigenvalue weighted by Gasteiger charge is -2.06. The van der Waals surface area contributed by atoms with Crippen LogP contribution in [-0.2, 0) is 0 Å². The summed E-state index contributed by atoms with van der Waals surface area (Å²) in [5.74, 6) is 0.00554. The average Bonchev–Trinajstić information content (AvgIpc) is 2.35. The minimum atomic E-state index is -0.470. The van der Waals surface area contributed by atoms with Gasteiger partial charge in [-0.3, -0.25) is 4.79 Å². The van der Waals surface area contributed by atoms with Crippen LogP contribution < -0.4 is 5.32 Å². The smallest absolute Gasteiger partial charge is 0.259 e. The molecule has 0 atom stereocenters. The van der Waals surface area contributed by atoms with E-state index in [2.05, 4.69) is 15.3 Å². The standard InChI is InChI=1S/C12H10ClN3O2/c1-7-14-5-9(6-15-7)16-12(18)10-4-8(13)2-3-11(10)17/h2-6,17H,1H3,(H,16,18). The number of aromatic nitrogens is 2. The van der Waals surface area contributed by atoms with Gasteiger partial charge in [-0.15, -0.1) is 0 Å². The summed E-state index contributed by atoms with van der Waals surface area (Å²) in [5, 5.41) is 12.5. The van der Waals surface area contributed by atoms with Crippen molar-refractivity contribution in [1.82, 2.24) is 9.97 Å². The van der Waals surface area contributed by atoms with Gasteiger partial charge in [-0.2, -0.15) is 0 Å². The summed E-state index contributed by atoms with van der Waals surface area (Å²) in [7, 11) is 0. The van der Waals surface area contributed by atoms with Crippen LogP contribution in [0.25, 0.3) is 0 Å². The normalized spacial score (nSPS) is 10.1. The highest BCUT2D eigenvalue weighted by Gasteiger charge is 2.12. The highest BCUT2D eigenvalue weighted by Crippen LogP contribution is 2.22. The van der Waals surface area contributed by atoms with E-state index in [9.17, 15) is 9.90 Å². The largest absolute Gasteiger partial charge is 0.507 e. The first-order valence-electron chi connectivity index (χ1n) is 5.15. The van der Waals surface area contributed by atoms with Gasteiger partial charge in [0.2, 0.25) is 0 Å². The van der Waals surface area contributed by atoms with Crippen molar-refractivity contribution in [2.75, 3.05) is 5.32 Å². The van der Waals surface area contributed by atoms with Crippen LogP contribution in [0.1, 0.15) is 16.2 Å². The first-order valence-corrected chi connectivity index (χ1v) is 5.52. The summed E-state index contributed by atoms with van der Waals surface area (Å²) in [5.41, 5.74) is 0.549. The van der Waals surface area contributed by atoms with E-state index in [1.165, 1.54) is 30.6 Å². The highest BCUT2D eigenvalue weighted by atomic mass is 35.5. The molecule has 1 aromatic heterocycles. The van der Waals surface area contributed by atoms with Crippen LogP contribution >= 0.6 is 11.6 Å². The van der Waals surface area contributed by atoms with Gasteiger partial charge in [-0.1, -0.05) is 11.6 Å². The van der Waals surface area contributed by atoms with Gasteiger partial charge in [0, 0.05) is 5.02 Å². The number of carbonyl (C=O) groups excluding carboxylic acids is 1. The number of aromatic hydroxyl groups is 1. The molecule has 0 spiro atoms. The van der Waals surface area contributed by atoms with Crippen molar-refractivity contribution in [2.45, 2.75) is 6.92 Å². The molecule has 0 saturated carbocycles. The maximum atomic E-state index is 11.9. The van der Waals surface area contributed by atoms with Crippen LogP contribution in [0, 0.1) is 6.92 Å². The second-order valence-corrected chi connectivity index (χ2v) is 4.07. The molecule has 0 aliphatic rings. The molecule has 1 amide bonds. The van der Waals surface area contributed by atoms with Crippen molar-refractivity contribution < 1.29 is 9.90 Å². The van der Waals surface area contributed by atoms with Crippen LogP contribution in [0.15, 0.2) is 30.6 Å². The Kier molecular flexibility index (Phi) is 3.43. The number of benzene rings is 1. The Labute approximate surface area is 108 Å². The van der Waals surface area contributed by atoms with Gasteiger partial charge in [-0.25, -0.2) is 9.97 Å². The lowest BCUT2D eigenvalue weighted by Crippen LogP contribution is -2.12. The predicted octanol–water partition coefficient (Wildman–Crippen LogP) is 2.40. The van der Waals surface area contributed by atoms with Crippen molar-refractivity contribution >= 4 is 23.2 Å². The second kappa shape index (κ2) is 5.01. The van der Waals surface area contributed by atoms with Gasteiger partial charge >= 0.3 is 0 Å². The zero-order valence-electron chi connectivity index (χ0n) is 9.51. The predicted molar refractivity (Wildman–Crippen MR) is 67.8 cm³/mol. The number of phenolic OH excluding ortho intramolecular Hbond substituents is 1. The van der Waals surface area contributed by atoms with Crippen molar-refractivity contribution in [1.29, 1.82) is 0 Å². The fourth-order valence-electron chi connectivity index (χ4n) is 1.35. The summed E-state index contributed by atoms with van der Waals surface area (Å²) in [6.07, 6.45) is 2.98. The molecule has 2 rings (SSSR count). The Morgan fingerprint density at radius 2 is 2.00 bits per heavy atom. The Balaban J connectivity index is 2.21. The van der Waals surface area contributed by atoms with Crippen molar-refractivity contribution in [3.8, 4) is 5.75 Å². The molecule has 0 bridgehead atoms. The van der Waals surface area contributed by atoms with Crippen LogP contribution in [0.4, 0.5) is 5.69 Å². The van der Waals surface area contributed by atoms with Gasteiger partial charge in [0.1, 0.15) is 11.6 Å². The number of hydrogen-bond donors (Lipinski definition) is 2. The third-order valence-corrected chi connectivity index (χ3v) is 2.48. The molecule has 0 unspecified atom stereocenters. The molecule has 0 aliphatic heterocycles. The molecule has 2 N–H and O–H groups in total. The molecule has 0 radical (unpaired) electrons. The number of halogens is 1. The number of hydrogen-bond acceptors (Lipinski definition) is 4. The fraction of sp³-hybridized carbons (Fsp3) is 0.0833. The lowest BCUT2D eigenvalue weighted by atomic mass is 10.2. The number of anilines is 1. The Morgan fingerprint density at radius 1 is 1.33 bits per heavy atom. The van der Waals surface area contributed by atoms with Crippen LogP contribution in [0.5, 0.6) is 5.75 Å². The molecule has 92 valence electrons. The molecule has 6 heteroatoms. The molecule has 1 aromatic carbocycles. The van der Waals surface area contributed by atoms with Gasteiger partial charge in [0.15, 0.2) is 0 Å². The number of nitrogens with zero attached hydrogens (tertiary/aromatic N) is 2. The highest BCUT2D eigenvalue weighted by molar-refractivity contribution is 6.31. The van der Waals surface area contributed by atoms with Gasteiger partial charge in [0.05, 0.1) is 23.6 Å². The van der Waals surface area contributed by atoms with Crippen LogP contribution in [0.3, 0.4) is 0 Å². The Bertz CT molecular complexity index is 584. The van der Waals surface area contributed by atoms with E-state index in [1.54, 1.807) is 6.92 Å². The van der Waals surface area contributed by atoms with E-state index >= 15 is 0 Å². The van der Waals surface area contributed by atoms with E-state index < -0.39 is 5.91 Å². The summed E-state index contributed by atoms with van der Waals surface area (Å²) < 4.78 is 0. The summed E-state index contributed by atoms with van der Waals surface area (Å²) in [6.45, 7) is 1.74. The Hall–Kier alpha value is -2.14. The van der Waals surface area contributed by atoms with Gasteiger partial charge in [0.25, 0.3) is 5.91 Å². The third-order valence-electron chi connectivity index (χ3n) is 2.24. The van der Waals surface area contributed by atoms with E-state index in [0.717, 1.165) is 0 Å². The number of phenols is 1. The maximum absolute atomic E-state index is 11.9. The zero-order valence-corrected chi connectivity index (χ0v) is 10.3. The fourth-order valence-corrected chi connectivity index (χ4v) is 1.52. The summed E-state index contributed by atoms with van der Waals surface area (Å²) in [4.78, 5) is 19.8. The quantitative estimate of drug-likeness (QED) is 0.872. The number of nitrogens with one attached hydrogen (secondary N) is 1. The lowest BCUT2D eigenvalue weighted by molar-refractivity contribution is 0.102. The van der Waals surface area contributed by atoms with E-state index in [0.29, 0.717) is 16.5 Å². The number of aryl methyl sites for hydroxylation is 1. The molecule has 2 aromatic rings. The topological polar surface area (TPSA) is 75.1 Å². The molecular weight excluding hydrogens is 254 g/mol. The SMILES string of the molecule is Cc1ncc(NC(=O)c2cc(Cl)ccc2O)cn1. The summed E-state index contributed by atoms with van der Waals surface area (Å²) in [6, 6.07) is 4.26. The minimum Gasteiger partial charge on any atom is -0.507 e. The molecule has 0 fully saturated rings. The van der Waals surface area contributed by atoms with Gasteiger partial charge in [-0.05, 0) is 25.1 Å². The average molecular weight is 264 g/mol. The van der Waals surface area contributed by atoms with E-state index in [4.69, 9.17) is 11.6 Å². The van der Waals surface area contributed by atoms with Crippen molar-refractivity contribution in [3.63, 3.8) is 0 Å². The Morgan fingerprint density at radius 3 is 2.67 bits per heavy atom. The van der Waals surface area contributed by atoms with E-state index in [1.807, 2.05) is 0 Å². The third kappa shape index (κ3) is 2.75. The molecule has 5 nitrogen and oxygen atoms in total. The monoisotopic (exact) mass is 263 g/mol. The van der Waals surface area contributed by atoms with E-state index in [-0.39, 0.29) is 11.3 Å². The molecule has 18 heavy (non-hydrogen) atoms. The molecule has 0 saturated heterocycles. The number of carbonyl (C=O) groups is 1. The second-order valence-electron chi connectivity index (χ2n) is 3.63. The van der Waals surface area contributed by atoms with Crippen molar-refractivity contribution in [2.24, 2.45) is 0 Å². The zero-order chi connectivity index (χ0) is 13.1. The first-order chi connectivity index (χ1) is 8.56. The first kappa shape index (κ1) is 12.3. The maximum Gasteiger partial charge on any atom is 0.259 e. The molecular formula is C12H10ClN3O2.